The average Bonchev–Trinajstić information content (AvgIpc) is 2.37. The predicted molar refractivity (Wildman–Crippen MR) is 74.9 cm³/mol. The SMILES string of the molecule is CCC(N[C@H](C=O)CCC(N)=O)C(C)(C)C(N)C(=O)O. The van der Waals surface area contributed by atoms with Gasteiger partial charge >= 0.3 is 5.97 Å². The average molecular weight is 287 g/mol. The van der Waals surface area contributed by atoms with Crippen molar-refractivity contribution in [2.24, 2.45) is 16.9 Å². The number of nitrogens with two attached hydrogens (primary N) is 2. The van der Waals surface area contributed by atoms with Gasteiger partial charge in [-0.05, 0) is 12.8 Å². The van der Waals surface area contributed by atoms with Crippen LogP contribution < -0.4 is 16.8 Å². The Morgan fingerprint density at radius 1 is 1.40 bits per heavy atom. The molecular formula is C13H25N3O4. The maximum Gasteiger partial charge on any atom is 0.321 e. The van der Waals surface area contributed by atoms with Gasteiger partial charge in [0.05, 0.1) is 6.04 Å². The summed E-state index contributed by atoms with van der Waals surface area (Å²) in [5.74, 6) is -1.57. The lowest BCUT2D eigenvalue weighted by atomic mass is 9.76. The Balaban J connectivity index is 4.84. The van der Waals surface area contributed by atoms with Gasteiger partial charge < -0.3 is 26.7 Å². The first kappa shape index (κ1) is 18.5. The first-order valence-corrected chi connectivity index (χ1v) is 6.64. The number of primary amides is 1. The topological polar surface area (TPSA) is 136 Å². The third-order valence-electron chi connectivity index (χ3n) is 3.66. The van der Waals surface area contributed by atoms with Crippen LogP contribution in [0.4, 0.5) is 0 Å². The van der Waals surface area contributed by atoms with Crippen LogP contribution in [0.2, 0.25) is 0 Å². The second-order valence-corrected chi connectivity index (χ2v) is 5.51. The summed E-state index contributed by atoms with van der Waals surface area (Å²) < 4.78 is 0. The van der Waals surface area contributed by atoms with Crippen molar-refractivity contribution in [1.29, 1.82) is 0 Å². The summed E-state index contributed by atoms with van der Waals surface area (Å²) in [7, 11) is 0. The largest absolute Gasteiger partial charge is 0.480 e. The Morgan fingerprint density at radius 2 is 1.95 bits per heavy atom. The van der Waals surface area contributed by atoms with Crippen molar-refractivity contribution in [2.45, 2.75) is 58.2 Å². The zero-order valence-corrected chi connectivity index (χ0v) is 12.3. The summed E-state index contributed by atoms with van der Waals surface area (Å²) in [5, 5.41) is 12.1. The molecule has 20 heavy (non-hydrogen) atoms. The molecule has 0 aromatic carbocycles. The minimum Gasteiger partial charge on any atom is -0.480 e. The maximum absolute atomic E-state index is 11.1. The number of hydrogen-bond acceptors (Lipinski definition) is 5. The van der Waals surface area contributed by atoms with Gasteiger partial charge in [-0.1, -0.05) is 20.8 Å². The molecule has 2 unspecified atom stereocenters. The molecule has 116 valence electrons. The second-order valence-electron chi connectivity index (χ2n) is 5.51. The van der Waals surface area contributed by atoms with Crippen molar-refractivity contribution in [1.82, 2.24) is 5.32 Å². The van der Waals surface area contributed by atoms with Crippen LogP contribution in [-0.2, 0) is 14.4 Å². The van der Waals surface area contributed by atoms with E-state index in [1.165, 1.54) is 0 Å². The summed E-state index contributed by atoms with van der Waals surface area (Å²) in [6.07, 6.45) is 1.69. The summed E-state index contributed by atoms with van der Waals surface area (Å²) in [6, 6.07) is -1.87. The van der Waals surface area contributed by atoms with Gasteiger partial charge in [0, 0.05) is 17.9 Å². The number of nitrogens with one attached hydrogen (secondary N) is 1. The van der Waals surface area contributed by atoms with Crippen molar-refractivity contribution in [2.75, 3.05) is 0 Å². The highest BCUT2D eigenvalue weighted by atomic mass is 16.4. The van der Waals surface area contributed by atoms with E-state index in [1.54, 1.807) is 13.8 Å². The summed E-state index contributed by atoms with van der Waals surface area (Å²) in [6.45, 7) is 5.36. The van der Waals surface area contributed by atoms with Crippen molar-refractivity contribution in [3.8, 4) is 0 Å². The number of carbonyl (C=O) groups excluding carboxylic acids is 2. The highest BCUT2D eigenvalue weighted by Gasteiger charge is 2.39. The molecule has 7 nitrogen and oxygen atoms in total. The molecule has 7 heteroatoms. The van der Waals surface area contributed by atoms with Gasteiger partial charge in [-0.15, -0.1) is 0 Å². The van der Waals surface area contributed by atoms with Crippen molar-refractivity contribution in [3.05, 3.63) is 0 Å². The normalized spacial score (nSPS) is 16.2. The number of carboxylic acid groups (broad SMARTS) is 1. The number of rotatable bonds is 10. The van der Waals surface area contributed by atoms with E-state index in [4.69, 9.17) is 16.6 Å². The fraction of sp³-hybridized carbons (Fsp3) is 0.769. The van der Waals surface area contributed by atoms with Crippen LogP contribution in [-0.4, -0.2) is 41.4 Å². The molecule has 0 heterocycles. The number of carbonyl (C=O) groups is 3. The number of hydrogen-bond donors (Lipinski definition) is 4. The quantitative estimate of drug-likeness (QED) is 0.405. The molecule has 0 aromatic rings. The molecule has 0 radical (unpaired) electrons. The van der Waals surface area contributed by atoms with Crippen LogP contribution in [0.5, 0.6) is 0 Å². The summed E-state index contributed by atoms with van der Waals surface area (Å²) in [5.41, 5.74) is 10.0. The van der Waals surface area contributed by atoms with E-state index in [1.807, 2.05) is 6.92 Å². The van der Waals surface area contributed by atoms with Gasteiger partial charge in [0.1, 0.15) is 12.3 Å². The van der Waals surface area contributed by atoms with Crippen molar-refractivity contribution in [3.63, 3.8) is 0 Å². The van der Waals surface area contributed by atoms with Crippen LogP contribution in [0.15, 0.2) is 0 Å². The number of amides is 1. The second kappa shape index (κ2) is 7.96. The van der Waals surface area contributed by atoms with Crippen LogP contribution in [0, 0.1) is 5.41 Å². The molecule has 1 amide bonds. The molecule has 0 aliphatic carbocycles. The van der Waals surface area contributed by atoms with Gasteiger partial charge in [-0.3, -0.25) is 9.59 Å². The van der Waals surface area contributed by atoms with E-state index in [2.05, 4.69) is 5.32 Å². The lowest BCUT2D eigenvalue weighted by Gasteiger charge is -2.38. The Bertz CT molecular complexity index is 358. The smallest absolute Gasteiger partial charge is 0.321 e. The molecule has 0 aliphatic rings. The van der Waals surface area contributed by atoms with E-state index in [0.717, 1.165) is 0 Å². The molecule has 0 rings (SSSR count). The molecule has 0 aromatic heterocycles. The lowest BCUT2D eigenvalue weighted by Crippen LogP contribution is -2.57. The van der Waals surface area contributed by atoms with Crippen LogP contribution >= 0.6 is 0 Å². The zero-order chi connectivity index (χ0) is 15.9. The molecule has 0 aliphatic heterocycles. The summed E-state index contributed by atoms with van der Waals surface area (Å²) >= 11 is 0. The first-order valence-electron chi connectivity index (χ1n) is 6.64. The van der Waals surface area contributed by atoms with Crippen LogP contribution in [0.3, 0.4) is 0 Å². The van der Waals surface area contributed by atoms with Crippen LogP contribution in [0.25, 0.3) is 0 Å². The molecule has 0 bridgehead atoms. The Hall–Kier alpha value is -1.47. The molecular weight excluding hydrogens is 262 g/mol. The van der Waals surface area contributed by atoms with E-state index in [-0.39, 0.29) is 18.9 Å². The van der Waals surface area contributed by atoms with Gasteiger partial charge in [0.25, 0.3) is 0 Å². The van der Waals surface area contributed by atoms with Crippen LogP contribution in [0.1, 0.15) is 40.0 Å². The minimum atomic E-state index is -1.09. The van der Waals surface area contributed by atoms with E-state index >= 15 is 0 Å². The first-order chi connectivity index (χ1) is 9.16. The molecule has 3 atom stereocenters. The molecule has 0 saturated carbocycles. The number of aliphatic carboxylic acids is 1. The molecule has 0 fully saturated rings. The summed E-state index contributed by atoms with van der Waals surface area (Å²) in [4.78, 5) is 32.8. The number of carboxylic acids is 1. The third-order valence-corrected chi connectivity index (χ3v) is 3.66. The van der Waals surface area contributed by atoms with E-state index in [0.29, 0.717) is 12.7 Å². The zero-order valence-electron chi connectivity index (χ0n) is 12.3. The molecule has 0 saturated heterocycles. The van der Waals surface area contributed by atoms with Crippen molar-refractivity contribution >= 4 is 18.2 Å². The fourth-order valence-electron chi connectivity index (χ4n) is 2.14. The van der Waals surface area contributed by atoms with Gasteiger partial charge in [-0.2, -0.15) is 0 Å². The fourth-order valence-corrected chi connectivity index (χ4v) is 2.14. The Kier molecular flexibility index (Phi) is 7.38. The third kappa shape index (κ3) is 5.26. The number of aldehydes is 1. The molecule has 6 N–H and O–H groups in total. The van der Waals surface area contributed by atoms with E-state index < -0.39 is 29.4 Å². The Labute approximate surface area is 119 Å². The highest BCUT2D eigenvalue weighted by molar-refractivity contribution is 5.75. The van der Waals surface area contributed by atoms with Crippen molar-refractivity contribution < 1.29 is 19.5 Å². The standard InChI is InChI=1S/C13H25N3O4/c1-4-9(13(2,3)11(15)12(19)20)16-8(7-17)5-6-10(14)18/h7-9,11,16H,4-6,15H2,1-3H3,(H2,14,18)(H,19,20)/t8-,9?,11?/m0/s1. The lowest BCUT2D eigenvalue weighted by molar-refractivity contribution is -0.142. The Morgan fingerprint density at radius 3 is 2.30 bits per heavy atom. The molecule has 0 spiro atoms. The maximum atomic E-state index is 11.1. The van der Waals surface area contributed by atoms with Gasteiger partial charge in [0.2, 0.25) is 5.91 Å². The highest BCUT2D eigenvalue weighted by Crippen LogP contribution is 2.27. The van der Waals surface area contributed by atoms with Gasteiger partial charge in [0.15, 0.2) is 0 Å². The minimum absolute atomic E-state index is 0.0955. The predicted octanol–water partition coefficient (Wildman–Crippen LogP) is -0.374. The monoisotopic (exact) mass is 287 g/mol. The van der Waals surface area contributed by atoms with E-state index in [9.17, 15) is 14.4 Å². The van der Waals surface area contributed by atoms with Gasteiger partial charge in [-0.25, -0.2) is 0 Å².